The summed E-state index contributed by atoms with van der Waals surface area (Å²) in [6, 6.07) is 7.61. The van der Waals surface area contributed by atoms with Crippen molar-refractivity contribution in [1.29, 1.82) is 0 Å². The van der Waals surface area contributed by atoms with Gasteiger partial charge < -0.3 is 30.6 Å². The van der Waals surface area contributed by atoms with Gasteiger partial charge >= 0.3 is 0 Å². The van der Waals surface area contributed by atoms with E-state index in [1.165, 1.54) is 19.3 Å². The number of fused-ring (bicyclic) bond motifs is 1. The molecule has 0 saturated carbocycles. The molecule has 2 heterocycles. The number of rotatable bonds is 13. The van der Waals surface area contributed by atoms with Crippen LogP contribution >= 0.6 is 0 Å². The average Bonchev–Trinajstić information content (AvgIpc) is 3.14. The van der Waals surface area contributed by atoms with Crippen molar-refractivity contribution in [2.75, 3.05) is 45.1 Å². The molecule has 3 rings (SSSR count). The van der Waals surface area contributed by atoms with Crippen molar-refractivity contribution in [3.8, 4) is 17.2 Å². The Morgan fingerprint density at radius 2 is 1.72 bits per heavy atom. The van der Waals surface area contributed by atoms with Gasteiger partial charge in [-0.15, -0.1) is 0 Å². The van der Waals surface area contributed by atoms with Gasteiger partial charge in [-0.2, -0.15) is 0 Å². The SMILES string of the molecule is CCCCCCNc1ccc2nc(Nc3cc(OC)c(OC)c(OC)c3)n(CCN)c2n1. The van der Waals surface area contributed by atoms with Crippen molar-refractivity contribution in [2.45, 2.75) is 39.2 Å². The third kappa shape index (κ3) is 5.34. The van der Waals surface area contributed by atoms with Gasteiger partial charge in [0.15, 0.2) is 17.1 Å². The molecule has 0 radical (unpaired) electrons. The van der Waals surface area contributed by atoms with Crippen molar-refractivity contribution >= 4 is 28.6 Å². The maximum Gasteiger partial charge on any atom is 0.209 e. The molecule has 0 spiro atoms. The topological polar surface area (TPSA) is 108 Å². The standard InChI is InChI=1S/C23H34N6O3/c1-5-6-7-8-12-25-20-10-9-17-22(28-20)29(13-11-24)23(27-17)26-16-14-18(30-2)21(32-4)19(15-16)31-3/h9-10,14-15H,5-8,11-13,24H2,1-4H3,(H,25,28)(H,26,27). The van der Waals surface area contributed by atoms with E-state index in [0.29, 0.717) is 36.3 Å². The van der Waals surface area contributed by atoms with E-state index in [2.05, 4.69) is 17.6 Å². The van der Waals surface area contributed by atoms with Crippen molar-refractivity contribution in [2.24, 2.45) is 5.73 Å². The number of aromatic nitrogens is 3. The minimum Gasteiger partial charge on any atom is -0.493 e. The van der Waals surface area contributed by atoms with Crippen molar-refractivity contribution in [1.82, 2.24) is 14.5 Å². The summed E-state index contributed by atoms with van der Waals surface area (Å²) in [5.41, 5.74) is 8.22. The number of pyridine rings is 1. The summed E-state index contributed by atoms with van der Waals surface area (Å²) in [5, 5.41) is 6.77. The molecule has 0 saturated heterocycles. The number of nitrogens with two attached hydrogens (primary N) is 1. The van der Waals surface area contributed by atoms with Crippen LogP contribution in [-0.4, -0.2) is 49.0 Å². The minimum absolute atomic E-state index is 0.464. The van der Waals surface area contributed by atoms with E-state index in [-0.39, 0.29) is 0 Å². The normalized spacial score (nSPS) is 10.9. The first-order valence-electron chi connectivity index (χ1n) is 11.0. The Labute approximate surface area is 189 Å². The zero-order valence-corrected chi connectivity index (χ0v) is 19.4. The summed E-state index contributed by atoms with van der Waals surface area (Å²) in [7, 11) is 4.76. The van der Waals surface area contributed by atoms with Gasteiger partial charge in [-0.1, -0.05) is 26.2 Å². The van der Waals surface area contributed by atoms with Crippen LogP contribution in [0.2, 0.25) is 0 Å². The first kappa shape index (κ1) is 23.5. The van der Waals surface area contributed by atoms with Crippen LogP contribution in [0.1, 0.15) is 32.6 Å². The molecule has 0 atom stereocenters. The lowest BCUT2D eigenvalue weighted by atomic mass is 10.2. The number of ether oxygens (including phenoxy) is 3. The molecule has 4 N–H and O–H groups in total. The summed E-state index contributed by atoms with van der Waals surface area (Å²) in [6.45, 7) is 4.16. The van der Waals surface area contributed by atoms with E-state index in [9.17, 15) is 0 Å². The molecule has 1 aromatic carbocycles. The Hall–Kier alpha value is -3.20. The van der Waals surface area contributed by atoms with E-state index in [1.54, 1.807) is 21.3 Å². The third-order valence-electron chi connectivity index (χ3n) is 5.20. The van der Waals surface area contributed by atoms with Gasteiger partial charge in [-0.3, -0.25) is 4.57 Å². The Bertz CT molecular complexity index is 995. The lowest BCUT2D eigenvalue weighted by Gasteiger charge is -2.15. The molecule has 0 aliphatic carbocycles. The molecule has 9 heteroatoms. The molecule has 0 fully saturated rings. The van der Waals surface area contributed by atoms with E-state index in [0.717, 1.165) is 35.6 Å². The maximum atomic E-state index is 5.89. The van der Waals surface area contributed by atoms with Crippen molar-refractivity contribution in [3.05, 3.63) is 24.3 Å². The second kappa shape index (κ2) is 11.4. The molecule has 9 nitrogen and oxygen atoms in total. The first-order chi connectivity index (χ1) is 15.6. The molecular weight excluding hydrogens is 408 g/mol. The fraction of sp³-hybridized carbons (Fsp3) is 0.478. The molecule has 0 unspecified atom stereocenters. The molecule has 32 heavy (non-hydrogen) atoms. The maximum absolute atomic E-state index is 5.89. The molecule has 0 amide bonds. The van der Waals surface area contributed by atoms with E-state index >= 15 is 0 Å². The van der Waals surface area contributed by atoms with Crippen molar-refractivity contribution in [3.63, 3.8) is 0 Å². The number of benzene rings is 1. The van der Waals surface area contributed by atoms with E-state index in [1.807, 2.05) is 28.8 Å². The molecule has 0 aliphatic heterocycles. The van der Waals surface area contributed by atoms with Crippen LogP contribution in [0.5, 0.6) is 17.2 Å². The van der Waals surface area contributed by atoms with E-state index < -0.39 is 0 Å². The highest BCUT2D eigenvalue weighted by atomic mass is 16.5. The average molecular weight is 443 g/mol. The fourth-order valence-electron chi connectivity index (χ4n) is 3.59. The number of anilines is 3. The largest absolute Gasteiger partial charge is 0.493 e. The van der Waals surface area contributed by atoms with Crippen LogP contribution < -0.4 is 30.6 Å². The Morgan fingerprint density at radius 1 is 0.969 bits per heavy atom. The zero-order valence-electron chi connectivity index (χ0n) is 19.4. The van der Waals surface area contributed by atoms with Crippen LogP contribution in [0.3, 0.4) is 0 Å². The Morgan fingerprint density at radius 3 is 2.34 bits per heavy atom. The second-order valence-corrected chi connectivity index (χ2v) is 7.44. The number of nitrogens with zero attached hydrogens (tertiary/aromatic N) is 3. The van der Waals surface area contributed by atoms with Crippen LogP contribution in [0.25, 0.3) is 11.2 Å². The number of unbranched alkanes of at least 4 members (excludes halogenated alkanes) is 3. The molecule has 2 aromatic heterocycles. The van der Waals surface area contributed by atoms with E-state index in [4.69, 9.17) is 29.9 Å². The van der Waals surface area contributed by atoms with Crippen LogP contribution in [0.4, 0.5) is 17.5 Å². The van der Waals surface area contributed by atoms with Crippen molar-refractivity contribution < 1.29 is 14.2 Å². The number of nitrogens with one attached hydrogen (secondary N) is 2. The van der Waals surface area contributed by atoms with Gasteiger partial charge in [0.2, 0.25) is 11.7 Å². The second-order valence-electron chi connectivity index (χ2n) is 7.44. The van der Waals surface area contributed by atoms with Gasteiger partial charge in [0.1, 0.15) is 11.3 Å². The Kier molecular flexibility index (Phi) is 8.38. The zero-order chi connectivity index (χ0) is 22.9. The molecule has 0 aliphatic rings. The van der Waals surface area contributed by atoms with Gasteiger partial charge in [0, 0.05) is 37.5 Å². The lowest BCUT2D eigenvalue weighted by molar-refractivity contribution is 0.324. The van der Waals surface area contributed by atoms with Crippen LogP contribution in [0.15, 0.2) is 24.3 Å². The predicted octanol–water partition coefficient (Wildman–Crippen LogP) is 4.15. The number of hydrogen-bond donors (Lipinski definition) is 3. The van der Waals surface area contributed by atoms with Crippen LogP contribution in [-0.2, 0) is 6.54 Å². The quantitative estimate of drug-likeness (QED) is 0.339. The monoisotopic (exact) mass is 442 g/mol. The summed E-state index contributed by atoms with van der Waals surface area (Å²) < 4.78 is 18.3. The predicted molar refractivity (Wildman–Crippen MR) is 129 cm³/mol. The lowest BCUT2D eigenvalue weighted by Crippen LogP contribution is -2.13. The highest BCUT2D eigenvalue weighted by Gasteiger charge is 2.17. The number of methoxy groups -OCH3 is 3. The summed E-state index contributed by atoms with van der Waals surface area (Å²) in [4.78, 5) is 9.53. The Balaban J connectivity index is 1.89. The highest BCUT2D eigenvalue weighted by Crippen LogP contribution is 2.40. The number of hydrogen-bond acceptors (Lipinski definition) is 8. The minimum atomic E-state index is 0.464. The summed E-state index contributed by atoms with van der Waals surface area (Å²) in [6.07, 6.45) is 4.83. The summed E-state index contributed by atoms with van der Waals surface area (Å²) in [5.74, 6) is 3.14. The summed E-state index contributed by atoms with van der Waals surface area (Å²) >= 11 is 0. The smallest absolute Gasteiger partial charge is 0.209 e. The molecule has 174 valence electrons. The van der Waals surface area contributed by atoms with Gasteiger partial charge in [-0.25, -0.2) is 9.97 Å². The fourth-order valence-corrected chi connectivity index (χ4v) is 3.59. The van der Waals surface area contributed by atoms with Crippen LogP contribution in [0, 0.1) is 0 Å². The molecular formula is C23H34N6O3. The van der Waals surface area contributed by atoms with Gasteiger partial charge in [0.25, 0.3) is 0 Å². The van der Waals surface area contributed by atoms with Gasteiger partial charge in [0.05, 0.1) is 21.3 Å². The molecule has 3 aromatic rings. The molecule has 0 bridgehead atoms. The number of imidazole rings is 1. The first-order valence-corrected chi connectivity index (χ1v) is 11.0. The highest BCUT2D eigenvalue weighted by molar-refractivity contribution is 5.78. The van der Waals surface area contributed by atoms with Gasteiger partial charge in [-0.05, 0) is 18.6 Å². The third-order valence-corrected chi connectivity index (χ3v) is 5.20.